The Hall–Kier alpha value is -1.94. The van der Waals surface area contributed by atoms with Crippen LogP contribution in [-0.4, -0.2) is 14.2 Å². The van der Waals surface area contributed by atoms with Crippen molar-refractivity contribution in [1.82, 2.24) is 0 Å². The van der Waals surface area contributed by atoms with Crippen LogP contribution >= 0.6 is 0 Å². The van der Waals surface area contributed by atoms with Crippen LogP contribution in [0.2, 0.25) is 0 Å². The minimum Gasteiger partial charge on any atom is -0.499 e. The minimum absolute atomic E-state index is 0.358. The van der Waals surface area contributed by atoms with Gasteiger partial charge in [0, 0.05) is 10.8 Å². The van der Waals surface area contributed by atoms with Gasteiger partial charge in [0.15, 0.2) is 0 Å². The van der Waals surface area contributed by atoms with E-state index in [4.69, 9.17) is 9.47 Å². The highest BCUT2D eigenvalue weighted by atomic mass is 16.5. The molecule has 0 aromatic rings. The van der Waals surface area contributed by atoms with Crippen LogP contribution < -0.4 is 0 Å². The zero-order chi connectivity index (χ0) is 13.6. The molecule has 0 radical (unpaired) electrons. The maximum Gasteiger partial charge on any atom is 0.116 e. The van der Waals surface area contributed by atoms with Crippen LogP contribution in [0.4, 0.5) is 0 Å². The molecule has 0 aromatic carbocycles. The van der Waals surface area contributed by atoms with Gasteiger partial charge in [-0.1, -0.05) is 13.8 Å². The van der Waals surface area contributed by atoms with E-state index in [-0.39, 0.29) is 10.8 Å². The molecule has 0 saturated carbocycles. The van der Waals surface area contributed by atoms with Crippen molar-refractivity contribution in [3.8, 4) is 12.1 Å². The summed E-state index contributed by atoms with van der Waals surface area (Å²) in [5.41, 5.74) is 0.606. The summed E-state index contributed by atoms with van der Waals surface area (Å²) >= 11 is 0. The molecule has 0 fully saturated rings. The van der Waals surface area contributed by atoms with E-state index in [1.54, 1.807) is 14.2 Å². The lowest BCUT2D eigenvalue weighted by molar-refractivity contribution is 0.0754. The molecule has 0 unspecified atom stereocenters. The largest absolute Gasteiger partial charge is 0.499 e. The van der Waals surface area contributed by atoms with E-state index in [1.807, 2.05) is 13.8 Å². The second kappa shape index (κ2) is 3.78. The Morgan fingerprint density at radius 1 is 0.889 bits per heavy atom. The van der Waals surface area contributed by atoms with E-state index in [9.17, 15) is 10.5 Å². The fourth-order valence-corrected chi connectivity index (χ4v) is 3.46. The molecular formula is C14H16N2O2. The molecule has 0 N–H and O–H groups in total. The van der Waals surface area contributed by atoms with E-state index in [0.29, 0.717) is 35.5 Å². The molecule has 0 aromatic heterocycles. The van der Waals surface area contributed by atoms with Gasteiger partial charge in [0.05, 0.1) is 37.5 Å². The van der Waals surface area contributed by atoms with Crippen LogP contribution in [0.25, 0.3) is 0 Å². The number of allylic oxidation sites excluding steroid dienone is 4. The molecule has 2 rings (SSSR count). The summed E-state index contributed by atoms with van der Waals surface area (Å²) in [5.74, 6) is 1.40. The van der Waals surface area contributed by atoms with Crippen molar-refractivity contribution in [1.29, 1.82) is 10.5 Å². The molecule has 4 heteroatoms. The number of hydrogen-bond acceptors (Lipinski definition) is 4. The Kier molecular flexibility index (Phi) is 2.63. The first kappa shape index (κ1) is 12.5. The van der Waals surface area contributed by atoms with Crippen LogP contribution in [0.1, 0.15) is 26.7 Å². The van der Waals surface area contributed by atoms with Crippen LogP contribution in [0.3, 0.4) is 0 Å². The summed E-state index contributed by atoms with van der Waals surface area (Å²) in [6.45, 7) is 4.08. The maximum absolute atomic E-state index is 9.22. The van der Waals surface area contributed by atoms with Crippen LogP contribution in [0.15, 0.2) is 22.7 Å². The summed E-state index contributed by atoms with van der Waals surface area (Å²) in [4.78, 5) is 0. The molecule has 0 spiro atoms. The first-order chi connectivity index (χ1) is 8.48. The van der Waals surface area contributed by atoms with Crippen LogP contribution in [-0.2, 0) is 9.47 Å². The van der Waals surface area contributed by atoms with Gasteiger partial charge in [-0.05, 0) is 12.8 Å². The third-order valence-electron chi connectivity index (χ3n) is 4.51. The summed E-state index contributed by atoms with van der Waals surface area (Å²) < 4.78 is 10.9. The van der Waals surface area contributed by atoms with Gasteiger partial charge in [-0.2, -0.15) is 10.5 Å². The topological polar surface area (TPSA) is 66.0 Å². The van der Waals surface area contributed by atoms with Crippen molar-refractivity contribution in [3.05, 3.63) is 22.7 Å². The average molecular weight is 244 g/mol. The Bertz CT molecular complexity index is 497. The number of ether oxygens (including phenoxy) is 2. The van der Waals surface area contributed by atoms with Gasteiger partial charge in [0.25, 0.3) is 0 Å². The lowest BCUT2D eigenvalue weighted by atomic mass is 9.68. The number of fused-ring (bicyclic) bond motifs is 1. The Morgan fingerprint density at radius 3 is 1.44 bits per heavy atom. The fourth-order valence-electron chi connectivity index (χ4n) is 3.46. The number of nitriles is 2. The van der Waals surface area contributed by atoms with Gasteiger partial charge < -0.3 is 9.47 Å². The summed E-state index contributed by atoms with van der Waals surface area (Å²) in [6, 6.07) is 4.43. The molecule has 0 saturated heterocycles. The summed E-state index contributed by atoms with van der Waals surface area (Å²) in [6.07, 6.45) is 1.13. The third kappa shape index (κ3) is 1.18. The van der Waals surface area contributed by atoms with Crippen molar-refractivity contribution in [2.24, 2.45) is 10.8 Å². The molecular weight excluding hydrogens is 228 g/mol. The number of rotatable bonds is 2. The predicted molar refractivity (Wildman–Crippen MR) is 64.7 cm³/mol. The van der Waals surface area contributed by atoms with Gasteiger partial charge in [-0.3, -0.25) is 0 Å². The maximum atomic E-state index is 9.22. The van der Waals surface area contributed by atoms with Crippen LogP contribution in [0.5, 0.6) is 0 Å². The summed E-state index contributed by atoms with van der Waals surface area (Å²) in [7, 11) is 3.17. The zero-order valence-corrected chi connectivity index (χ0v) is 11.1. The van der Waals surface area contributed by atoms with Crippen molar-refractivity contribution < 1.29 is 9.47 Å². The Balaban J connectivity index is 2.60. The fraction of sp³-hybridized carbons (Fsp3) is 0.571. The van der Waals surface area contributed by atoms with E-state index in [0.717, 1.165) is 0 Å². The molecule has 2 atom stereocenters. The molecule has 2 aliphatic carbocycles. The Morgan fingerprint density at radius 2 is 1.22 bits per heavy atom. The minimum atomic E-state index is -0.358. The summed E-state index contributed by atoms with van der Waals surface area (Å²) in [5, 5.41) is 18.4. The van der Waals surface area contributed by atoms with E-state index in [2.05, 4.69) is 12.1 Å². The van der Waals surface area contributed by atoms with Crippen molar-refractivity contribution in [2.45, 2.75) is 26.7 Å². The van der Waals surface area contributed by atoms with Gasteiger partial charge in [-0.25, -0.2) is 0 Å². The lowest BCUT2D eigenvalue weighted by Crippen LogP contribution is -2.33. The number of hydrogen-bond donors (Lipinski definition) is 0. The van der Waals surface area contributed by atoms with E-state index in [1.165, 1.54) is 0 Å². The second-order valence-corrected chi connectivity index (χ2v) is 5.26. The third-order valence-corrected chi connectivity index (χ3v) is 4.51. The molecule has 0 bridgehead atoms. The molecule has 2 aliphatic rings. The average Bonchev–Trinajstić information content (AvgIpc) is 2.70. The SMILES string of the molecule is COC1=C(C#N)C[C@@]2(C)C(OC)=C(C#N)C[C@@]12C. The van der Waals surface area contributed by atoms with Gasteiger partial charge in [-0.15, -0.1) is 0 Å². The Labute approximate surface area is 107 Å². The predicted octanol–water partition coefficient (Wildman–Crippen LogP) is 2.65. The highest BCUT2D eigenvalue weighted by Crippen LogP contribution is 2.66. The zero-order valence-electron chi connectivity index (χ0n) is 11.1. The van der Waals surface area contributed by atoms with Crippen molar-refractivity contribution in [3.63, 3.8) is 0 Å². The smallest absolute Gasteiger partial charge is 0.116 e. The van der Waals surface area contributed by atoms with Crippen molar-refractivity contribution >= 4 is 0 Å². The van der Waals surface area contributed by atoms with Crippen molar-refractivity contribution in [2.75, 3.05) is 14.2 Å². The van der Waals surface area contributed by atoms with E-state index >= 15 is 0 Å². The normalized spacial score (nSPS) is 34.1. The molecule has 94 valence electrons. The molecule has 0 amide bonds. The number of methoxy groups -OCH3 is 2. The standard InChI is InChI=1S/C14H16N2O2/c1-13-5-9(7-15)12(18-4)14(13,2)6-10(8-16)11(13)17-3/h5-6H2,1-4H3/t13-,14-/m0/s1. The second-order valence-electron chi connectivity index (χ2n) is 5.26. The highest BCUT2D eigenvalue weighted by molar-refractivity contribution is 5.50. The quantitative estimate of drug-likeness (QED) is 0.749. The van der Waals surface area contributed by atoms with Gasteiger partial charge in [0.1, 0.15) is 11.5 Å². The number of nitrogens with zero attached hydrogens (tertiary/aromatic N) is 2. The molecule has 0 aliphatic heterocycles. The molecule has 18 heavy (non-hydrogen) atoms. The first-order valence-electron chi connectivity index (χ1n) is 5.84. The monoisotopic (exact) mass is 244 g/mol. The molecule has 0 heterocycles. The molecule has 4 nitrogen and oxygen atoms in total. The van der Waals surface area contributed by atoms with Gasteiger partial charge in [0.2, 0.25) is 0 Å². The van der Waals surface area contributed by atoms with Crippen LogP contribution in [0, 0.1) is 33.5 Å². The van der Waals surface area contributed by atoms with Gasteiger partial charge >= 0.3 is 0 Å². The lowest BCUT2D eigenvalue weighted by Gasteiger charge is -2.37. The highest BCUT2D eigenvalue weighted by Gasteiger charge is 2.62. The first-order valence-corrected chi connectivity index (χ1v) is 5.84. The van der Waals surface area contributed by atoms with E-state index < -0.39 is 0 Å².